The second kappa shape index (κ2) is 11.4. The Balaban J connectivity index is 1.37. The largest absolute Gasteiger partial charge is 0.358 e. The number of hydrogen-bond acceptors (Lipinski definition) is 3. The van der Waals surface area contributed by atoms with Gasteiger partial charge in [0.05, 0.1) is 32.7 Å². The Bertz CT molecular complexity index is 1910. The lowest BCUT2D eigenvalue weighted by Crippen LogP contribution is -2.32. The molecule has 0 bridgehead atoms. The van der Waals surface area contributed by atoms with Gasteiger partial charge in [-0.2, -0.15) is 0 Å². The number of fused-ring (bicyclic) bond motifs is 3. The molecule has 0 fully saturated rings. The van der Waals surface area contributed by atoms with Crippen LogP contribution in [-0.4, -0.2) is 30.8 Å². The zero-order chi connectivity index (χ0) is 29.4. The Morgan fingerprint density at radius 3 is 2.48 bits per heavy atom. The number of amides is 1. The molecule has 0 saturated carbocycles. The van der Waals surface area contributed by atoms with Crippen molar-refractivity contribution < 1.29 is 17.6 Å². The predicted molar refractivity (Wildman–Crippen MR) is 164 cm³/mol. The minimum Gasteiger partial charge on any atom is -0.358 e. The highest BCUT2D eigenvalue weighted by molar-refractivity contribution is 7.92. The number of carbonyl (C=O) groups excluding carboxylic acids is 1. The highest BCUT2D eigenvalue weighted by Gasteiger charge is 2.30. The third kappa shape index (κ3) is 5.38. The fraction of sp³-hybridized carbons (Fsp3) is 0.156. The van der Waals surface area contributed by atoms with Crippen LogP contribution in [0.1, 0.15) is 33.6 Å². The Kier molecular flexibility index (Phi) is 7.70. The van der Waals surface area contributed by atoms with Gasteiger partial charge >= 0.3 is 0 Å². The number of rotatable bonds is 6. The van der Waals surface area contributed by atoms with Gasteiger partial charge in [-0.1, -0.05) is 65.7 Å². The smallest absolute Gasteiger partial charge is 0.264 e. The van der Waals surface area contributed by atoms with Crippen molar-refractivity contribution in [3.05, 3.63) is 129 Å². The fourth-order valence-electron chi connectivity index (χ4n) is 5.39. The molecule has 1 aliphatic heterocycles. The van der Waals surface area contributed by atoms with Crippen molar-refractivity contribution in [2.45, 2.75) is 30.8 Å². The summed E-state index contributed by atoms with van der Waals surface area (Å²) in [4.78, 5) is 18.8. The molecule has 0 spiro atoms. The molecule has 42 heavy (non-hydrogen) atoms. The van der Waals surface area contributed by atoms with Crippen LogP contribution in [0.3, 0.4) is 0 Å². The summed E-state index contributed by atoms with van der Waals surface area (Å²) in [5.74, 6) is -0.756. The Morgan fingerprint density at radius 2 is 1.69 bits per heavy atom. The number of halogens is 3. The molecule has 0 radical (unpaired) electrons. The summed E-state index contributed by atoms with van der Waals surface area (Å²) in [6.07, 6.45) is 1.38. The summed E-state index contributed by atoms with van der Waals surface area (Å²) in [6, 6.07) is 24.6. The number of anilines is 1. The second-order valence-corrected chi connectivity index (χ2v) is 12.9. The first kappa shape index (κ1) is 28.3. The number of H-pyrrole nitrogens is 1. The molecular weight excluding hydrogens is 596 g/mol. The molecule has 1 aliphatic rings. The lowest BCUT2D eigenvalue weighted by atomic mass is 10.1. The number of sulfonamides is 1. The average Bonchev–Trinajstić information content (AvgIpc) is 3.17. The molecule has 0 unspecified atom stereocenters. The van der Waals surface area contributed by atoms with Crippen LogP contribution in [0.5, 0.6) is 0 Å². The van der Waals surface area contributed by atoms with Crippen molar-refractivity contribution in [3.63, 3.8) is 0 Å². The normalized spacial score (nSPS) is 13.5. The topological polar surface area (TPSA) is 73.5 Å². The van der Waals surface area contributed by atoms with Gasteiger partial charge in [-0.05, 0) is 66.9 Å². The van der Waals surface area contributed by atoms with E-state index in [1.807, 2.05) is 30.3 Å². The van der Waals surface area contributed by atoms with Gasteiger partial charge in [-0.3, -0.25) is 9.10 Å². The number of aromatic amines is 1. The molecule has 1 amide bonds. The van der Waals surface area contributed by atoms with Crippen molar-refractivity contribution in [1.82, 2.24) is 9.88 Å². The molecule has 4 aromatic carbocycles. The summed E-state index contributed by atoms with van der Waals surface area (Å²) in [7, 11) is -4.19. The Labute approximate surface area is 253 Å². The summed E-state index contributed by atoms with van der Waals surface area (Å²) >= 11 is 13.0. The number of aromatic nitrogens is 1. The maximum atomic E-state index is 14.2. The zero-order valence-corrected chi connectivity index (χ0v) is 24.7. The molecule has 6 rings (SSSR count). The van der Waals surface area contributed by atoms with Crippen molar-refractivity contribution >= 4 is 55.7 Å². The monoisotopic (exact) mass is 621 g/mol. The van der Waals surface area contributed by atoms with Crippen LogP contribution in [-0.2, 0) is 29.5 Å². The van der Waals surface area contributed by atoms with Crippen LogP contribution in [0.2, 0.25) is 10.0 Å². The second-order valence-electron chi connectivity index (χ2n) is 10.2. The number of benzene rings is 4. The number of nitrogens with zero attached hydrogens (tertiary/aromatic N) is 2. The average molecular weight is 623 g/mol. The minimum atomic E-state index is -4.19. The van der Waals surface area contributed by atoms with E-state index in [1.54, 1.807) is 35.2 Å². The van der Waals surface area contributed by atoms with Crippen molar-refractivity contribution in [1.29, 1.82) is 0 Å². The predicted octanol–water partition coefficient (Wildman–Crippen LogP) is 7.60. The molecule has 214 valence electrons. The maximum absolute atomic E-state index is 14.2. The van der Waals surface area contributed by atoms with E-state index < -0.39 is 15.9 Å². The number of para-hydroxylation sites is 1. The van der Waals surface area contributed by atoms with Crippen molar-refractivity contribution in [2.24, 2.45) is 0 Å². The van der Waals surface area contributed by atoms with E-state index in [1.165, 1.54) is 34.6 Å². The molecule has 1 aromatic heterocycles. The van der Waals surface area contributed by atoms with Gasteiger partial charge in [0.25, 0.3) is 15.9 Å². The quantitative estimate of drug-likeness (QED) is 0.212. The minimum absolute atomic E-state index is 0.0326. The van der Waals surface area contributed by atoms with Crippen LogP contribution in [0.4, 0.5) is 10.1 Å². The lowest BCUT2D eigenvalue weighted by molar-refractivity contribution is 0.0746. The molecule has 6 nitrogen and oxygen atoms in total. The van der Waals surface area contributed by atoms with E-state index in [-0.39, 0.29) is 39.4 Å². The molecule has 1 N–H and O–H groups in total. The summed E-state index contributed by atoms with van der Waals surface area (Å²) in [6.45, 7) is 0.709. The van der Waals surface area contributed by atoms with Gasteiger partial charge in [0, 0.05) is 35.2 Å². The van der Waals surface area contributed by atoms with Gasteiger partial charge in [0.1, 0.15) is 5.82 Å². The lowest BCUT2D eigenvalue weighted by Gasteiger charge is -2.26. The van der Waals surface area contributed by atoms with Gasteiger partial charge in [-0.25, -0.2) is 12.8 Å². The number of carbonyl (C=O) groups is 1. The third-order valence-corrected chi connectivity index (χ3v) is 9.90. The van der Waals surface area contributed by atoms with E-state index in [9.17, 15) is 17.6 Å². The Hall–Kier alpha value is -3.85. The van der Waals surface area contributed by atoms with Crippen LogP contribution in [0.25, 0.3) is 10.9 Å². The van der Waals surface area contributed by atoms with Crippen LogP contribution in [0.15, 0.2) is 95.9 Å². The van der Waals surface area contributed by atoms with E-state index in [4.69, 9.17) is 23.2 Å². The molecule has 10 heteroatoms. The van der Waals surface area contributed by atoms with Crippen molar-refractivity contribution in [2.75, 3.05) is 10.8 Å². The maximum Gasteiger partial charge on any atom is 0.264 e. The molecular formula is C32H26Cl2FN3O3S. The standard InChI is InChI=1S/C32H26Cl2FN3O3S/c33-27-14-13-23(42(40,41)38(19-21-7-2-1-3-8-21)31-11-5-4-9-28(31)34)18-25(27)32(39)37-16-6-10-29-26(20-37)24-17-22(35)12-15-30(24)36-29/h1-5,7-9,11-15,17-18,36H,6,10,16,19-20H2. The van der Waals surface area contributed by atoms with E-state index in [2.05, 4.69) is 4.98 Å². The highest BCUT2D eigenvalue weighted by atomic mass is 35.5. The van der Waals surface area contributed by atoms with Gasteiger partial charge in [0.2, 0.25) is 0 Å². The molecule has 0 aliphatic carbocycles. The van der Waals surface area contributed by atoms with Gasteiger partial charge in [0.15, 0.2) is 0 Å². The fourth-order valence-corrected chi connectivity index (χ4v) is 7.37. The van der Waals surface area contributed by atoms with Crippen LogP contribution in [0, 0.1) is 5.82 Å². The van der Waals surface area contributed by atoms with E-state index in [0.29, 0.717) is 25.1 Å². The molecule has 5 aromatic rings. The summed E-state index contributed by atoms with van der Waals surface area (Å²) < 4.78 is 43.7. The van der Waals surface area contributed by atoms with Gasteiger partial charge in [-0.15, -0.1) is 0 Å². The summed E-state index contributed by atoms with van der Waals surface area (Å²) in [5.41, 5.74) is 3.78. The van der Waals surface area contributed by atoms with Crippen molar-refractivity contribution in [3.8, 4) is 0 Å². The number of aryl methyl sites for hydroxylation is 1. The number of nitrogens with one attached hydrogen (secondary N) is 1. The number of hydrogen-bond donors (Lipinski definition) is 1. The summed E-state index contributed by atoms with van der Waals surface area (Å²) in [5, 5.41) is 1.14. The molecule has 0 saturated heterocycles. The third-order valence-electron chi connectivity index (χ3n) is 7.49. The van der Waals surface area contributed by atoms with E-state index >= 15 is 0 Å². The SMILES string of the molecule is O=C(c1cc(S(=O)(=O)N(Cc2ccccc2)c2ccccc2Cl)ccc1Cl)N1CCCc2[nH]c3ccc(F)cc3c2C1. The molecule has 0 atom stereocenters. The Morgan fingerprint density at radius 1 is 0.929 bits per heavy atom. The van der Waals surface area contributed by atoms with Gasteiger partial charge < -0.3 is 9.88 Å². The first-order valence-corrected chi connectivity index (χ1v) is 15.6. The zero-order valence-electron chi connectivity index (χ0n) is 22.4. The molecule has 2 heterocycles. The first-order valence-electron chi connectivity index (χ1n) is 13.4. The van der Waals surface area contributed by atoms with Crippen LogP contribution >= 0.6 is 23.2 Å². The van der Waals surface area contributed by atoms with Crippen LogP contribution < -0.4 is 4.31 Å². The first-order chi connectivity index (χ1) is 20.2. The van der Waals surface area contributed by atoms with E-state index in [0.717, 1.165) is 27.7 Å². The highest BCUT2D eigenvalue weighted by Crippen LogP contribution is 2.34.